The normalized spacial score (nSPS) is 17.1. The Bertz CT molecular complexity index is 467. The number of nitrogen functional groups attached to an aromatic ring is 1. The maximum absolute atomic E-state index is 13.3. The molecule has 0 spiro atoms. The van der Waals surface area contributed by atoms with Gasteiger partial charge in [0.05, 0.1) is 11.4 Å². The van der Waals surface area contributed by atoms with E-state index in [4.69, 9.17) is 33.8 Å². The van der Waals surface area contributed by atoms with Crippen LogP contribution >= 0.6 is 23.2 Å². The number of anilines is 2. The first kappa shape index (κ1) is 11.3. The fourth-order valence-corrected chi connectivity index (χ4v) is 1.49. The van der Waals surface area contributed by atoms with Gasteiger partial charge in [0.25, 0.3) is 0 Å². The number of benzene rings is 1. The Labute approximate surface area is 99.6 Å². The highest BCUT2D eigenvalue weighted by Crippen LogP contribution is 2.40. The van der Waals surface area contributed by atoms with Crippen molar-refractivity contribution in [3.05, 3.63) is 17.9 Å². The lowest BCUT2D eigenvalue weighted by Gasteiger charge is -2.27. The zero-order chi connectivity index (χ0) is 11.9. The van der Waals surface area contributed by atoms with Gasteiger partial charge in [0.15, 0.2) is 11.6 Å². The van der Waals surface area contributed by atoms with Gasteiger partial charge in [-0.1, -0.05) is 0 Å². The van der Waals surface area contributed by atoms with E-state index in [1.54, 1.807) is 0 Å². The van der Waals surface area contributed by atoms with E-state index in [0.29, 0.717) is 0 Å². The van der Waals surface area contributed by atoms with Gasteiger partial charge in [-0.25, -0.2) is 4.39 Å². The van der Waals surface area contributed by atoms with Crippen LogP contribution in [0, 0.1) is 5.82 Å². The highest BCUT2D eigenvalue weighted by Gasteiger charge is 2.41. The average Bonchev–Trinajstić information content (AvgIpc) is 2.19. The molecule has 1 amide bonds. The predicted molar refractivity (Wildman–Crippen MR) is 57.9 cm³/mol. The third-order valence-corrected chi connectivity index (χ3v) is 2.47. The number of hydrogen-bond acceptors (Lipinski definition) is 4. The maximum Gasteiger partial charge on any atom is 0.339 e. The molecule has 1 aromatic carbocycles. The third-order valence-electron chi connectivity index (χ3n) is 1.98. The highest BCUT2D eigenvalue weighted by atomic mass is 35.5. The summed E-state index contributed by atoms with van der Waals surface area (Å²) in [4.78, 5) is 11.3. The van der Waals surface area contributed by atoms with Crippen LogP contribution in [0.4, 0.5) is 15.8 Å². The number of amides is 1. The van der Waals surface area contributed by atoms with Crippen molar-refractivity contribution in [3.63, 3.8) is 0 Å². The molecule has 8 heteroatoms. The fraction of sp³-hybridized carbons (Fsp3) is 0.125. The average molecular weight is 266 g/mol. The molecule has 5 nitrogen and oxygen atoms in total. The van der Waals surface area contributed by atoms with Gasteiger partial charge in [-0.05, 0) is 29.3 Å². The first-order chi connectivity index (χ1) is 7.44. The molecule has 0 saturated carbocycles. The van der Waals surface area contributed by atoms with E-state index < -0.39 is 16.2 Å². The summed E-state index contributed by atoms with van der Waals surface area (Å²) >= 11 is 11.1. The van der Waals surface area contributed by atoms with Gasteiger partial charge in [0, 0.05) is 6.07 Å². The van der Waals surface area contributed by atoms with Crippen LogP contribution in [0.2, 0.25) is 0 Å². The first-order valence-corrected chi connectivity index (χ1v) is 4.88. The Morgan fingerprint density at radius 2 is 2.19 bits per heavy atom. The van der Waals surface area contributed by atoms with Crippen molar-refractivity contribution in [2.24, 2.45) is 5.84 Å². The van der Waals surface area contributed by atoms with Gasteiger partial charge in [-0.3, -0.25) is 10.6 Å². The largest absolute Gasteiger partial charge is 0.448 e. The van der Waals surface area contributed by atoms with E-state index in [9.17, 15) is 9.18 Å². The lowest BCUT2D eigenvalue weighted by molar-refractivity contribution is -0.122. The van der Waals surface area contributed by atoms with Crippen LogP contribution in [-0.2, 0) is 4.79 Å². The number of halogens is 3. The van der Waals surface area contributed by atoms with Crippen LogP contribution < -0.4 is 21.3 Å². The number of hydrazine groups is 1. The smallest absolute Gasteiger partial charge is 0.339 e. The molecular formula is C8H6Cl2FN3O2. The summed E-state index contributed by atoms with van der Waals surface area (Å²) in [6.45, 7) is 0. The summed E-state index contributed by atoms with van der Waals surface area (Å²) in [6, 6.07) is 2.29. The molecule has 0 unspecified atom stereocenters. The molecule has 0 bridgehead atoms. The second kappa shape index (κ2) is 3.65. The monoisotopic (exact) mass is 265 g/mol. The first-order valence-electron chi connectivity index (χ1n) is 4.12. The zero-order valence-corrected chi connectivity index (χ0v) is 9.19. The molecule has 1 aliphatic rings. The van der Waals surface area contributed by atoms with Crippen LogP contribution in [0.1, 0.15) is 0 Å². The third kappa shape index (κ3) is 1.75. The van der Waals surface area contributed by atoms with Crippen molar-refractivity contribution in [1.82, 2.24) is 0 Å². The summed E-state index contributed by atoms with van der Waals surface area (Å²) in [5.41, 5.74) is 2.38. The number of rotatable bonds is 1. The molecule has 4 N–H and O–H groups in total. The number of carbonyl (C=O) groups is 1. The topological polar surface area (TPSA) is 76.4 Å². The summed E-state index contributed by atoms with van der Waals surface area (Å²) in [5.74, 6) is 3.70. The molecule has 0 saturated heterocycles. The number of nitrogens with two attached hydrogens (primary N) is 1. The van der Waals surface area contributed by atoms with Crippen LogP contribution in [0.25, 0.3) is 0 Å². The van der Waals surface area contributed by atoms with Crippen molar-refractivity contribution < 1.29 is 13.9 Å². The quantitative estimate of drug-likeness (QED) is 0.409. The molecule has 0 aliphatic carbocycles. The number of carbonyl (C=O) groups excluding carboxylic acids is 1. The Balaban J connectivity index is 2.48. The highest BCUT2D eigenvalue weighted by molar-refractivity contribution is 6.58. The second-order valence-electron chi connectivity index (χ2n) is 3.05. The van der Waals surface area contributed by atoms with Crippen LogP contribution in [0.5, 0.6) is 5.75 Å². The molecule has 0 fully saturated rings. The Kier molecular flexibility index (Phi) is 2.57. The number of hydrogen-bond donors (Lipinski definition) is 3. The lowest BCUT2D eigenvalue weighted by atomic mass is 10.2. The zero-order valence-electron chi connectivity index (χ0n) is 7.68. The number of ether oxygens (including phenoxy) is 1. The second-order valence-corrected chi connectivity index (χ2v) is 4.30. The number of alkyl halides is 2. The maximum atomic E-state index is 13.3. The predicted octanol–water partition coefficient (Wildman–Crippen LogP) is 1.57. The molecule has 0 atom stereocenters. The Hall–Kier alpha value is -1.24. The van der Waals surface area contributed by atoms with Gasteiger partial charge in [0.2, 0.25) is 0 Å². The van der Waals surface area contributed by atoms with Crippen molar-refractivity contribution >= 4 is 40.5 Å². The van der Waals surface area contributed by atoms with E-state index >= 15 is 0 Å². The van der Waals surface area contributed by atoms with Gasteiger partial charge in [0.1, 0.15) is 0 Å². The van der Waals surface area contributed by atoms with Crippen LogP contribution in [0.3, 0.4) is 0 Å². The lowest BCUT2D eigenvalue weighted by Crippen LogP contribution is -2.41. The van der Waals surface area contributed by atoms with Crippen molar-refractivity contribution in [1.29, 1.82) is 0 Å². The molecular weight excluding hydrogens is 260 g/mol. The molecule has 16 heavy (non-hydrogen) atoms. The van der Waals surface area contributed by atoms with E-state index in [0.717, 1.165) is 6.07 Å². The summed E-state index contributed by atoms with van der Waals surface area (Å²) in [5, 5.41) is 2.36. The number of fused-ring (bicyclic) bond motifs is 1. The molecule has 0 aromatic heterocycles. The van der Waals surface area contributed by atoms with E-state index in [1.165, 1.54) is 6.07 Å². The van der Waals surface area contributed by atoms with Crippen molar-refractivity contribution in [2.75, 3.05) is 10.7 Å². The Morgan fingerprint density at radius 1 is 1.50 bits per heavy atom. The minimum absolute atomic E-state index is 0.0132. The van der Waals surface area contributed by atoms with Crippen molar-refractivity contribution in [2.45, 2.75) is 4.52 Å². The van der Waals surface area contributed by atoms with E-state index in [2.05, 4.69) is 10.7 Å². The van der Waals surface area contributed by atoms with Crippen molar-refractivity contribution in [3.8, 4) is 5.75 Å². The minimum atomic E-state index is -2.06. The summed E-state index contributed by atoms with van der Waals surface area (Å²) < 4.78 is 16.2. The molecule has 0 radical (unpaired) electrons. The van der Waals surface area contributed by atoms with E-state index in [-0.39, 0.29) is 17.1 Å². The molecule has 86 valence electrons. The molecule has 1 aromatic rings. The van der Waals surface area contributed by atoms with E-state index in [1.807, 2.05) is 0 Å². The Morgan fingerprint density at radius 3 is 2.81 bits per heavy atom. The van der Waals surface area contributed by atoms with Gasteiger partial charge < -0.3 is 15.5 Å². The molecule has 1 heterocycles. The minimum Gasteiger partial charge on any atom is -0.448 e. The molecule has 1 aliphatic heterocycles. The van der Waals surface area contributed by atoms with Crippen LogP contribution in [0.15, 0.2) is 12.1 Å². The van der Waals surface area contributed by atoms with Gasteiger partial charge in [-0.15, -0.1) is 0 Å². The van der Waals surface area contributed by atoms with Gasteiger partial charge in [-0.2, -0.15) is 0 Å². The van der Waals surface area contributed by atoms with Gasteiger partial charge >= 0.3 is 10.4 Å². The molecule has 2 rings (SSSR count). The fourth-order valence-electron chi connectivity index (χ4n) is 1.23. The number of nitrogens with one attached hydrogen (secondary N) is 2. The SMILES string of the molecule is NNc1cc2c(cc1F)OC(Cl)(Cl)C(=O)N2. The summed E-state index contributed by atoms with van der Waals surface area (Å²) in [7, 11) is 0. The summed E-state index contributed by atoms with van der Waals surface area (Å²) in [6.07, 6.45) is 0. The van der Waals surface area contributed by atoms with Crippen LogP contribution in [-0.4, -0.2) is 10.4 Å². The standard InChI is InChI=1S/C8H6Cl2FN3O2/c9-8(10)7(15)13-5-2-4(14-12)3(11)1-6(5)16-8/h1-2,14H,12H2,(H,13,15).